The molecular formula is C17H27NO2. The van der Waals surface area contributed by atoms with E-state index in [9.17, 15) is 0 Å². The molecule has 0 bridgehead atoms. The molecule has 0 amide bonds. The van der Waals surface area contributed by atoms with Gasteiger partial charge in [0, 0.05) is 6.04 Å². The van der Waals surface area contributed by atoms with Crippen molar-refractivity contribution in [3.05, 3.63) is 24.3 Å². The van der Waals surface area contributed by atoms with E-state index in [1.165, 1.54) is 6.42 Å². The lowest BCUT2D eigenvalue weighted by Gasteiger charge is -2.34. The van der Waals surface area contributed by atoms with Crippen molar-refractivity contribution in [2.75, 3.05) is 13.2 Å². The van der Waals surface area contributed by atoms with Crippen molar-refractivity contribution in [1.29, 1.82) is 0 Å². The molecule has 1 N–H and O–H groups in total. The zero-order valence-electron chi connectivity index (χ0n) is 12.9. The van der Waals surface area contributed by atoms with Crippen LogP contribution in [0.3, 0.4) is 0 Å². The van der Waals surface area contributed by atoms with E-state index in [2.05, 4.69) is 26.1 Å². The second-order valence-electron chi connectivity index (χ2n) is 5.72. The van der Waals surface area contributed by atoms with E-state index >= 15 is 0 Å². The molecule has 20 heavy (non-hydrogen) atoms. The van der Waals surface area contributed by atoms with Crippen molar-refractivity contribution in [3.63, 3.8) is 0 Å². The van der Waals surface area contributed by atoms with E-state index in [1.807, 2.05) is 24.3 Å². The maximum absolute atomic E-state index is 6.15. The zero-order chi connectivity index (χ0) is 14.4. The van der Waals surface area contributed by atoms with Crippen molar-refractivity contribution in [1.82, 2.24) is 5.32 Å². The molecule has 0 saturated heterocycles. The molecule has 1 aromatic carbocycles. The minimum Gasteiger partial charge on any atom is -0.486 e. The fourth-order valence-corrected chi connectivity index (χ4v) is 2.53. The second-order valence-corrected chi connectivity index (χ2v) is 5.72. The van der Waals surface area contributed by atoms with Crippen LogP contribution >= 0.6 is 0 Å². The highest BCUT2D eigenvalue weighted by Crippen LogP contribution is 2.32. The van der Waals surface area contributed by atoms with Gasteiger partial charge in [-0.25, -0.2) is 0 Å². The van der Waals surface area contributed by atoms with Crippen LogP contribution in [-0.4, -0.2) is 25.3 Å². The zero-order valence-corrected chi connectivity index (χ0v) is 12.9. The van der Waals surface area contributed by atoms with Gasteiger partial charge >= 0.3 is 0 Å². The van der Waals surface area contributed by atoms with Crippen molar-refractivity contribution in [3.8, 4) is 11.5 Å². The summed E-state index contributed by atoms with van der Waals surface area (Å²) >= 11 is 0. The van der Waals surface area contributed by atoms with Crippen LogP contribution in [0.2, 0.25) is 0 Å². The molecule has 1 aliphatic heterocycles. The SMILES string of the molecule is CCCNC(CC(C)CC)C1COc2ccccc2O1. The summed E-state index contributed by atoms with van der Waals surface area (Å²) < 4.78 is 12.0. The summed E-state index contributed by atoms with van der Waals surface area (Å²) in [7, 11) is 0. The summed E-state index contributed by atoms with van der Waals surface area (Å²) in [5.41, 5.74) is 0. The van der Waals surface area contributed by atoms with Gasteiger partial charge in [0.25, 0.3) is 0 Å². The molecule has 2 rings (SSSR count). The van der Waals surface area contributed by atoms with Gasteiger partial charge < -0.3 is 14.8 Å². The van der Waals surface area contributed by atoms with Gasteiger partial charge in [0.2, 0.25) is 0 Å². The molecule has 0 aromatic heterocycles. The predicted molar refractivity (Wildman–Crippen MR) is 82.5 cm³/mol. The molecule has 0 fully saturated rings. The molecule has 3 atom stereocenters. The number of benzene rings is 1. The molecular weight excluding hydrogens is 250 g/mol. The van der Waals surface area contributed by atoms with Crippen molar-refractivity contribution >= 4 is 0 Å². The largest absolute Gasteiger partial charge is 0.486 e. The first kappa shape index (κ1) is 15.2. The fourth-order valence-electron chi connectivity index (χ4n) is 2.53. The summed E-state index contributed by atoms with van der Waals surface area (Å²) in [4.78, 5) is 0. The molecule has 3 nitrogen and oxygen atoms in total. The van der Waals surface area contributed by atoms with Crippen LogP contribution in [0.1, 0.15) is 40.0 Å². The van der Waals surface area contributed by atoms with Crippen LogP contribution in [-0.2, 0) is 0 Å². The fraction of sp³-hybridized carbons (Fsp3) is 0.647. The van der Waals surface area contributed by atoms with Crippen molar-refractivity contribution < 1.29 is 9.47 Å². The Balaban J connectivity index is 2.02. The number of para-hydroxylation sites is 2. The van der Waals surface area contributed by atoms with Crippen molar-refractivity contribution in [2.45, 2.75) is 52.2 Å². The van der Waals surface area contributed by atoms with Crippen molar-refractivity contribution in [2.24, 2.45) is 5.92 Å². The topological polar surface area (TPSA) is 30.5 Å². The van der Waals surface area contributed by atoms with Gasteiger partial charge in [-0.05, 0) is 37.4 Å². The minimum atomic E-state index is 0.102. The highest BCUT2D eigenvalue weighted by Gasteiger charge is 2.29. The van der Waals surface area contributed by atoms with Crippen LogP contribution in [0.25, 0.3) is 0 Å². The van der Waals surface area contributed by atoms with Crippen LogP contribution in [0.4, 0.5) is 0 Å². The summed E-state index contributed by atoms with van der Waals surface area (Å²) in [6.07, 6.45) is 3.58. The Kier molecular flexibility index (Phi) is 5.72. The van der Waals surface area contributed by atoms with Gasteiger partial charge in [-0.2, -0.15) is 0 Å². The highest BCUT2D eigenvalue weighted by atomic mass is 16.6. The quantitative estimate of drug-likeness (QED) is 0.825. The lowest BCUT2D eigenvalue weighted by molar-refractivity contribution is 0.0550. The Morgan fingerprint density at radius 2 is 2.00 bits per heavy atom. The molecule has 0 aliphatic carbocycles. The monoisotopic (exact) mass is 277 g/mol. The van der Waals surface area contributed by atoms with Crippen LogP contribution in [0.15, 0.2) is 24.3 Å². The number of rotatable bonds is 7. The maximum Gasteiger partial charge on any atom is 0.161 e. The van der Waals surface area contributed by atoms with E-state index in [1.54, 1.807) is 0 Å². The predicted octanol–water partition coefficient (Wildman–Crippen LogP) is 3.63. The average molecular weight is 277 g/mol. The Morgan fingerprint density at radius 1 is 1.25 bits per heavy atom. The summed E-state index contributed by atoms with van der Waals surface area (Å²) in [5, 5.41) is 3.63. The normalized spacial score (nSPS) is 20.4. The molecule has 3 heteroatoms. The van der Waals surface area contributed by atoms with E-state index in [0.29, 0.717) is 18.6 Å². The number of ether oxygens (including phenoxy) is 2. The highest BCUT2D eigenvalue weighted by molar-refractivity contribution is 5.40. The Bertz CT molecular complexity index is 408. The first-order valence-corrected chi connectivity index (χ1v) is 7.86. The average Bonchev–Trinajstić information content (AvgIpc) is 2.50. The van der Waals surface area contributed by atoms with Gasteiger partial charge in [0.05, 0.1) is 0 Å². The van der Waals surface area contributed by atoms with E-state index < -0.39 is 0 Å². The van der Waals surface area contributed by atoms with Crippen LogP contribution in [0.5, 0.6) is 11.5 Å². The minimum absolute atomic E-state index is 0.102. The smallest absolute Gasteiger partial charge is 0.161 e. The van der Waals surface area contributed by atoms with Gasteiger partial charge in [-0.1, -0.05) is 39.3 Å². The lowest BCUT2D eigenvalue weighted by Crippen LogP contribution is -2.48. The van der Waals surface area contributed by atoms with Gasteiger partial charge in [-0.3, -0.25) is 0 Å². The molecule has 1 heterocycles. The van der Waals surface area contributed by atoms with Gasteiger partial charge in [0.1, 0.15) is 12.7 Å². The standard InChI is InChI=1S/C17H27NO2/c1-4-10-18-14(11-13(3)5-2)17-12-19-15-8-6-7-9-16(15)20-17/h6-9,13-14,17-18H,4-5,10-12H2,1-3H3. The van der Waals surface area contributed by atoms with Gasteiger partial charge in [0.15, 0.2) is 11.5 Å². The van der Waals surface area contributed by atoms with Crippen LogP contribution in [0, 0.1) is 5.92 Å². The summed E-state index contributed by atoms with van der Waals surface area (Å²) in [6, 6.07) is 8.29. The Labute approximate surface area is 122 Å². The first-order chi connectivity index (χ1) is 9.74. The lowest BCUT2D eigenvalue weighted by atomic mass is 9.95. The number of fused-ring (bicyclic) bond motifs is 1. The number of hydrogen-bond donors (Lipinski definition) is 1. The molecule has 112 valence electrons. The first-order valence-electron chi connectivity index (χ1n) is 7.86. The van der Waals surface area contributed by atoms with E-state index in [4.69, 9.17) is 9.47 Å². The molecule has 0 radical (unpaired) electrons. The molecule has 1 aliphatic rings. The number of hydrogen-bond acceptors (Lipinski definition) is 3. The van der Waals surface area contributed by atoms with E-state index in [-0.39, 0.29) is 6.10 Å². The summed E-state index contributed by atoms with van der Waals surface area (Å²) in [6.45, 7) is 8.41. The van der Waals surface area contributed by atoms with Crippen LogP contribution < -0.4 is 14.8 Å². The Morgan fingerprint density at radius 3 is 2.70 bits per heavy atom. The molecule has 3 unspecified atom stereocenters. The maximum atomic E-state index is 6.15. The second kappa shape index (κ2) is 7.53. The molecule has 0 saturated carbocycles. The summed E-state index contributed by atoms with van der Waals surface area (Å²) in [5.74, 6) is 2.43. The third-order valence-corrected chi connectivity index (χ3v) is 3.99. The number of nitrogens with one attached hydrogen (secondary N) is 1. The molecule has 0 spiro atoms. The third kappa shape index (κ3) is 3.89. The van der Waals surface area contributed by atoms with Gasteiger partial charge in [-0.15, -0.1) is 0 Å². The third-order valence-electron chi connectivity index (χ3n) is 3.99. The van der Waals surface area contributed by atoms with E-state index in [0.717, 1.165) is 30.9 Å². The Hall–Kier alpha value is -1.22. The molecule has 1 aromatic rings.